The van der Waals surface area contributed by atoms with Gasteiger partial charge in [-0.05, 0) is 36.2 Å². The van der Waals surface area contributed by atoms with Gasteiger partial charge in [-0.3, -0.25) is 0 Å². The van der Waals surface area contributed by atoms with Gasteiger partial charge in [0.1, 0.15) is 5.82 Å². The third-order valence-electron chi connectivity index (χ3n) is 2.83. The van der Waals surface area contributed by atoms with Crippen molar-refractivity contribution in [2.24, 2.45) is 5.73 Å². The van der Waals surface area contributed by atoms with Crippen LogP contribution in [0, 0.1) is 5.82 Å². The maximum absolute atomic E-state index is 13.3. The Morgan fingerprint density at radius 3 is 2.53 bits per heavy atom. The zero-order valence-electron chi connectivity index (χ0n) is 10.6. The molecule has 0 aliphatic rings. The van der Waals surface area contributed by atoms with Gasteiger partial charge >= 0.3 is 0 Å². The molecular formula is C15H15ClFNS. The molecule has 0 saturated heterocycles. The largest absolute Gasteiger partial charge is 0.324 e. The van der Waals surface area contributed by atoms with Crippen LogP contribution in [0.2, 0.25) is 5.02 Å². The minimum atomic E-state index is -0.368. The molecule has 2 aromatic carbocycles. The zero-order chi connectivity index (χ0) is 13.8. The average molecular weight is 296 g/mol. The number of hydrogen-bond acceptors (Lipinski definition) is 2. The number of halogens is 2. The first-order valence-electron chi connectivity index (χ1n) is 5.99. The first kappa shape index (κ1) is 14.4. The van der Waals surface area contributed by atoms with Crippen LogP contribution in [-0.2, 0) is 5.75 Å². The molecule has 1 nitrogen and oxygen atoms in total. The second-order valence-corrected chi connectivity index (χ2v) is 5.79. The monoisotopic (exact) mass is 295 g/mol. The summed E-state index contributed by atoms with van der Waals surface area (Å²) in [7, 11) is 0. The Kier molecular flexibility index (Phi) is 4.86. The second kappa shape index (κ2) is 6.42. The smallest absolute Gasteiger partial charge is 0.142 e. The highest BCUT2D eigenvalue weighted by Crippen LogP contribution is 2.28. The van der Waals surface area contributed by atoms with Gasteiger partial charge in [-0.1, -0.05) is 35.9 Å². The van der Waals surface area contributed by atoms with Crippen molar-refractivity contribution in [1.82, 2.24) is 0 Å². The number of nitrogens with two attached hydrogens (primary N) is 1. The molecule has 0 amide bonds. The molecule has 4 heteroatoms. The molecule has 1 unspecified atom stereocenters. The lowest BCUT2D eigenvalue weighted by molar-refractivity contribution is 0.627. The molecule has 0 saturated carbocycles. The van der Waals surface area contributed by atoms with Crippen LogP contribution in [0.4, 0.5) is 4.39 Å². The highest BCUT2D eigenvalue weighted by molar-refractivity contribution is 7.98. The van der Waals surface area contributed by atoms with E-state index < -0.39 is 0 Å². The first-order valence-corrected chi connectivity index (χ1v) is 7.35. The topological polar surface area (TPSA) is 26.0 Å². The van der Waals surface area contributed by atoms with E-state index in [4.69, 9.17) is 17.3 Å². The summed E-state index contributed by atoms with van der Waals surface area (Å²) < 4.78 is 13.3. The van der Waals surface area contributed by atoms with Crippen LogP contribution in [0.25, 0.3) is 0 Å². The molecule has 0 bridgehead atoms. The lowest BCUT2D eigenvalue weighted by atomic mass is 10.1. The minimum absolute atomic E-state index is 0.0386. The van der Waals surface area contributed by atoms with E-state index in [0.29, 0.717) is 5.75 Å². The normalized spacial score (nSPS) is 12.4. The molecule has 1 atom stereocenters. The molecule has 0 radical (unpaired) electrons. The van der Waals surface area contributed by atoms with E-state index in [2.05, 4.69) is 0 Å². The summed E-state index contributed by atoms with van der Waals surface area (Å²) in [5.41, 5.74) is 7.71. The van der Waals surface area contributed by atoms with Gasteiger partial charge in [0.05, 0.1) is 5.02 Å². The van der Waals surface area contributed by atoms with Crippen LogP contribution in [-0.4, -0.2) is 0 Å². The van der Waals surface area contributed by atoms with Gasteiger partial charge < -0.3 is 5.73 Å². The molecule has 100 valence electrons. The summed E-state index contributed by atoms with van der Waals surface area (Å²) in [6.45, 7) is 1.95. The van der Waals surface area contributed by atoms with Crippen molar-refractivity contribution in [3.63, 3.8) is 0 Å². The molecule has 0 aliphatic carbocycles. The van der Waals surface area contributed by atoms with E-state index in [1.54, 1.807) is 17.8 Å². The van der Waals surface area contributed by atoms with Crippen molar-refractivity contribution in [2.45, 2.75) is 23.6 Å². The van der Waals surface area contributed by atoms with Gasteiger partial charge in [-0.15, -0.1) is 11.8 Å². The van der Waals surface area contributed by atoms with Crippen LogP contribution >= 0.6 is 23.4 Å². The van der Waals surface area contributed by atoms with E-state index in [-0.39, 0.29) is 16.9 Å². The van der Waals surface area contributed by atoms with Crippen LogP contribution < -0.4 is 5.73 Å². The number of benzene rings is 2. The van der Waals surface area contributed by atoms with Crippen molar-refractivity contribution in [3.8, 4) is 0 Å². The molecule has 19 heavy (non-hydrogen) atoms. The highest BCUT2D eigenvalue weighted by atomic mass is 35.5. The fourth-order valence-electron chi connectivity index (χ4n) is 1.69. The second-order valence-electron chi connectivity index (χ2n) is 4.36. The molecular weight excluding hydrogens is 281 g/mol. The van der Waals surface area contributed by atoms with Crippen LogP contribution in [0.1, 0.15) is 24.1 Å². The molecule has 0 aliphatic heterocycles. The van der Waals surface area contributed by atoms with Gasteiger partial charge in [-0.2, -0.15) is 0 Å². The van der Waals surface area contributed by atoms with E-state index in [9.17, 15) is 4.39 Å². The molecule has 0 heterocycles. The number of hydrogen-bond donors (Lipinski definition) is 1. The Hall–Kier alpha value is -1.03. The number of rotatable bonds is 4. The fraction of sp³-hybridized carbons (Fsp3) is 0.200. The van der Waals surface area contributed by atoms with Gasteiger partial charge in [0.2, 0.25) is 0 Å². The van der Waals surface area contributed by atoms with E-state index in [1.165, 1.54) is 6.07 Å². The predicted octanol–water partition coefficient (Wildman–Crippen LogP) is 4.79. The van der Waals surface area contributed by atoms with Gasteiger partial charge in [-0.25, -0.2) is 4.39 Å². The Bertz CT molecular complexity index is 555. The molecule has 0 fully saturated rings. The third-order valence-corrected chi connectivity index (χ3v) is 4.32. The first-order chi connectivity index (χ1) is 9.08. The van der Waals surface area contributed by atoms with E-state index in [1.807, 2.05) is 37.3 Å². The maximum Gasteiger partial charge on any atom is 0.142 e. The predicted molar refractivity (Wildman–Crippen MR) is 80.0 cm³/mol. The van der Waals surface area contributed by atoms with Crippen molar-refractivity contribution < 1.29 is 4.39 Å². The molecule has 0 aromatic heterocycles. The third kappa shape index (κ3) is 3.72. The van der Waals surface area contributed by atoms with Gasteiger partial charge in [0, 0.05) is 16.7 Å². The van der Waals surface area contributed by atoms with Crippen molar-refractivity contribution >= 4 is 23.4 Å². The van der Waals surface area contributed by atoms with Crippen molar-refractivity contribution in [2.75, 3.05) is 0 Å². The summed E-state index contributed by atoms with van der Waals surface area (Å²) in [6.07, 6.45) is 0. The van der Waals surface area contributed by atoms with Crippen LogP contribution in [0.5, 0.6) is 0 Å². The molecule has 2 rings (SSSR count). The van der Waals surface area contributed by atoms with Gasteiger partial charge in [0.25, 0.3) is 0 Å². The SMILES string of the molecule is CC(N)c1ccc(SCc2cccc(F)c2Cl)cc1. The number of thioether (sulfide) groups is 1. The standard InChI is InChI=1S/C15H15ClFNS/c1-10(18)11-5-7-13(8-6-11)19-9-12-3-2-4-14(17)15(12)16/h2-8,10H,9,18H2,1H3. The van der Waals surface area contributed by atoms with Crippen LogP contribution in [0.3, 0.4) is 0 Å². The molecule has 2 aromatic rings. The van der Waals surface area contributed by atoms with E-state index >= 15 is 0 Å². The average Bonchev–Trinajstić information content (AvgIpc) is 2.41. The van der Waals surface area contributed by atoms with Crippen molar-refractivity contribution in [1.29, 1.82) is 0 Å². The van der Waals surface area contributed by atoms with E-state index in [0.717, 1.165) is 16.0 Å². The van der Waals surface area contributed by atoms with Gasteiger partial charge in [0.15, 0.2) is 0 Å². The lowest BCUT2D eigenvalue weighted by Crippen LogP contribution is -2.04. The van der Waals surface area contributed by atoms with Crippen molar-refractivity contribution in [3.05, 3.63) is 64.4 Å². The Morgan fingerprint density at radius 2 is 1.89 bits per heavy atom. The van der Waals surface area contributed by atoms with Crippen LogP contribution in [0.15, 0.2) is 47.4 Å². The zero-order valence-corrected chi connectivity index (χ0v) is 12.1. The molecule has 0 spiro atoms. The lowest BCUT2D eigenvalue weighted by Gasteiger charge is -2.08. The minimum Gasteiger partial charge on any atom is -0.324 e. The summed E-state index contributed by atoms with van der Waals surface area (Å²) in [5, 5.41) is 0.210. The molecule has 2 N–H and O–H groups in total. The quantitative estimate of drug-likeness (QED) is 0.821. The summed E-state index contributed by atoms with van der Waals surface area (Å²) in [5.74, 6) is 0.278. The Labute approximate surface area is 122 Å². The summed E-state index contributed by atoms with van der Waals surface area (Å²) in [6, 6.07) is 13.0. The Balaban J connectivity index is 2.04. The fourth-order valence-corrected chi connectivity index (χ4v) is 2.85. The Morgan fingerprint density at radius 1 is 1.21 bits per heavy atom. The maximum atomic E-state index is 13.3. The highest BCUT2D eigenvalue weighted by Gasteiger charge is 2.06. The summed E-state index contributed by atoms with van der Waals surface area (Å²) in [4.78, 5) is 1.12. The summed E-state index contributed by atoms with van der Waals surface area (Å²) >= 11 is 7.55.